The molecule has 0 heterocycles. The van der Waals surface area contributed by atoms with Crippen molar-refractivity contribution in [1.82, 2.24) is 5.32 Å². The molecule has 0 bridgehead atoms. The average molecular weight is 495 g/mol. The number of anilines is 1. The molecular formula is C26H27BrN2O3. The van der Waals surface area contributed by atoms with E-state index in [4.69, 9.17) is 4.74 Å². The number of para-hydroxylation sites is 1. The van der Waals surface area contributed by atoms with Gasteiger partial charge in [0, 0.05) is 4.47 Å². The number of hydrogen-bond donors (Lipinski definition) is 2. The highest BCUT2D eigenvalue weighted by Gasteiger charge is 2.17. The number of carbonyl (C=O) groups excluding carboxylic acids is 2. The van der Waals surface area contributed by atoms with Crippen LogP contribution in [0.15, 0.2) is 77.3 Å². The maximum Gasteiger partial charge on any atom is 0.262 e. The van der Waals surface area contributed by atoms with Gasteiger partial charge >= 0.3 is 0 Å². The second kappa shape index (κ2) is 11.0. The van der Waals surface area contributed by atoms with Gasteiger partial charge < -0.3 is 15.4 Å². The van der Waals surface area contributed by atoms with Gasteiger partial charge in [0.15, 0.2) is 6.61 Å². The number of benzene rings is 3. The van der Waals surface area contributed by atoms with Crippen molar-refractivity contribution in [1.29, 1.82) is 0 Å². The molecule has 1 atom stereocenters. The van der Waals surface area contributed by atoms with Crippen molar-refractivity contribution >= 4 is 33.4 Å². The Hall–Kier alpha value is -3.12. The number of amides is 2. The van der Waals surface area contributed by atoms with Crippen molar-refractivity contribution < 1.29 is 14.3 Å². The SMILES string of the molecule is CC(C)c1cc(Br)ccc1OCC(=O)Nc1ccccc1C(=O)NC(C)c1ccccc1. The lowest BCUT2D eigenvalue weighted by atomic mass is 10.0. The number of hydrogen-bond acceptors (Lipinski definition) is 3. The van der Waals surface area contributed by atoms with E-state index in [0.29, 0.717) is 17.0 Å². The Morgan fingerprint density at radius 3 is 2.34 bits per heavy atom. The molecule has 0 spiro atoms. The highest BCUT2D eigenvalue weighted by atomic mass is 79.9. The fourth-order valence-electron chi connectivity index (χ4n) is 3.32. The van der Waals surface area contributed by atoms with Crippen LogP contribution < -0.4 is 15.4 Å². The Bertz CT molecular complexity index is 1080. The summed E-state index contributed by atoms with van der Waals surface area (Å²) in [5.74, 6) is 0.329. The highest BCUT2D eigenvalue weighted by molar-refractivity contribution is 9.10. The maximum atomic E-state index is 12.9. The fourth-order valence-corrected chi connectivity index (χ4v) is 3.70. The summed E-state index contributed by atoms with van der Waals surface area (Å²) < 4.78 is 6.74. The third-order valence-electron chi connectivity index (χ3n) is 5.05. The van der Waals surface area contributed by atoms with Crippen LogP contribution in [0.25, 0.3) is 0 Å². The first-order valence-corrected chi connectivity index (χ1v) is 11.3. The molecule has 0 aliphatic carbocycles. The number of carbonyl (C=O) groups is 2. The topological polar surface area (TPSA) is 67.4 Å². The van der Waals surface area contributed by atoms with E-state index in [1.165, 1.54) is 0 Å². The van der Waals surface area contributed by atoms with Gasteiger partial charge in [-0.1, -0.05) is 72.2 Å². The van der Waals surface area contributed by atoms with E-state index < -0.39 is 0 Å². The standard InChI is InChI=1S/C26H27BrN2O3/c1-17(2)22-15-20(27)13-14-24(22)32-16-25(30)29-23-12-8-7-11-21(23)26(31)28-18(3)19-9-5-4-6-10-19/h4-15,17-18H,16H2,1-3H3,(H,28,31)(H,29,30). The Kier molecular flexibility index (Phi) is 8.06. The molecule has 6 heteroatoms. The lowest BCUT2D eigenvalue weighted by Crippen LogP contribution is -2.28. The zero-order chi connectivity index (χ0) is 23.1. The Morgan fingerprint density at radius 1 is 0.938 bits per heavy atom. The molecule has 2 amide bonds. The van der Waals surface area contributed by atoms with E-state index >= 15 is 0 Å². The van der Waals surface area contributed by atoms with Gasteiger partial charge in [0.2, 0.25) is 0 Å². The molecule has 2 N–H and O–H groups in total. The second-order valence-electron chi connectivity index (χ2n) is 7.83. The summed E-state index contributed by atoms with van der Waals surface area (Å²) in [7, 11) is 0. The molecule has 1 unspecified atom stereocenters. The zero-order valence-electron chi connectivity index (χ0n) is 18.4. The molecule has 3 aromatic carbocycles. The first-order valence-electron chi connectivity index (χ1n) is 10.5. The van der Waals surface area contributed by atoms with Gasteiger partial charge in [-0.15, -0.1) is 0 Å². The van der Waals surface area contributed by atoms with Crippen molar-refractivity contribution in [2.75, 3.05) is 11.9 Å². The summed E-state index contributed by atoms with van der Waals surface area (Å²) in [5, 5.41) is 5.78. The molecule has 0 aromatic heterocycles. The minimum absolute atomic E-state index is 0.155. The number of halogens is 1. The van der Waals surface area contributed by atoms with Gasteiger partial charge in [-0.05, 0) is 54.3 Å². The smallest absolute Gasteiger partial charge is 0.262 e. The van der Waals surface area contributed by atoms with Gasteiger partial charge in [-0.3, -0.25) is 9.59 Å². The van der Waals surface area contributed by atoms with Crippen LogP contribution >= 0.6 is 15.9 Å². The van der Waals surface area contributed by atoms with Crippen molar-refractivity contribution in [3.8, 4) is 5.75 Å². The molecule has 166 valence electrons. The molecule has 32 heavy (non-hydrogen) atoms. The molecular weight excluding hydrogens is 468 g/mol. The van der Waals surface area contributed by atoms with Crippen molar-refractivity contribution in [3.05, 3.63) is 94.0 Å². The van der Waals surface area contributed by atoms with Gasteiger partial charge in [0.1, 0.15) is 5.75 Å². The minimum atomic E-state index is -0.334. The molecule has 3 aromatic rings. The van der Waals surface area contributed by atoms with Crippen molar-refractivity contribution in [3.63, 3.8) is 0 Å². The van der Waals surface area contributed by atoms with Crippen molar-refractivity contribution in [2.24, 2.45) is 0 Å². The van der Waals surface area contributed by atoms with Crippen LogP contribution in [-0.2, 0) is 4.79 Å². The van der Waals surface area contributed by atoms with E-state index in [1.54, 1.807) is 24.3 Å². The summed E-state index contributed by atoms with van der Waals surface area (Å²) in [6.07, 6.45) is 0. The highest BCUT2D eigenvalue weighted by Crippen LogP contribution is 2.29. The number of rotatable bonds is 8. The molecule has 0 saturated heterocycles. The van der Waals surface area contributed by atoms with Gasteiger partial charge in [-0.25, -0.2) is 0 Å². The predicted molar refractivity (Wildman–Crippen MR) is 131 cm³/mol. The molecule has 0 saturated carbocycles. The van der Waals surface area contributed by atoms with Crippen LogP contribution in [0.3, 0.4) is 0 Å². The van der Waals surface area contributed by atoms with Crippen LogP contribution in [0.1, 0.15) is 54.2 Å². The van der Waals surface area contributed by atoms with Gasteiger partial charge in [0.25, 0.3) is 11.8 Å². The third-order valence-corrected chi connectivity index (χ3v) is 5.54. The van der Waals surface area contributed by atoms with Gasteiger partial charge in [-0.2, -0.15) is 0 Å². The molecule has 3 rings (SSSR count). The van der Waals surface area contributed by atoms with Gasteiger partial charge in [0.05, 0.1) is 17.3 Å². The molecule has 5 nitrogen and oxygen atoms in total. The monoisotopic (exact) mass is 494 g/mol. The first kappa shape index (κ1) is 23.5. The Morgan fingerprint density at radius 2 is 1.62 bits per heavy atom. The van der Waals surface area contributed by atoms with E-state index in [0.717, 1.165) is 15.6 Å². The van der Waals surface area contributed by atoms with Crippen LogP contribution in [0.2, 0.25) is 0 Å². The van der Waals surface area contributed by atoms with Crippen LogP contribution in [0, 0.1) is 0 Å². The third kappa shape index (κ3) is 6.20. The number of nitrogens with one attached hydrogen (secondary N) is 2. The Labute approximate surface area is 197 Å². The summed E-state index contributed by atoms with van der Waals surface area (Å²) in [6, 6.07) is 22.2. The average Bonchev–Trinajstić information content (AvgIpc) is 2.79. The lowest BCUT2D eigenvalue weighted by Gasteiger charge is -2.17. The van der Waals surface area contributed by atoms with Crippen molar-refractivity contribution in [2.45, 2.75) is 32.7 Å². The quantitative estimate of drug-likeness (QED) is 0.398. The largest absolute Gasteiger partial charge is 0.483 e. The molecule has 0 aliphatic rings. The first-order chi connectivity index (χ1) is 15.3. The zero-order valence-corrected chi connectivity index (χ0v) is 20.0. The minimum Gasteiger partial charge on any atom is -0.483 e. The lowest BCUT2D eigenvalue weighted by molar-refractivity contribution is -0.118. The molecule has 0 fully saturated rings. The van der Waals surface area contributed by atoms with E-state index in [9.17, 15) is 9.59 Å². The van der Waals surface area contributed by atoms with E-state index in [-0.39, 0.29) is 30.4 Å². The summed E-state index contributed by atoms with van der Waals surface area (Å²) in [6.45, 7) is 5.91. The maximum absolute atomic E-state index is 12.9. The molecule has 0 radical (unpaired) electrons. The summed E-state index contributed by atoms with van der Waals surface area (Å²) in [4.78, 5) is 25.4. The van der Waals surface area contributed by atoms with Crippen LogP contribution in [0.5, 0.6) is 5.75 Å². The van der Waals surface area contributed by atoms with E-state index in [2.05, 4.69) is 40.4 Å². The van der Waals surface area contributed by atoms with Crippen LogP contribution in [-0.4, -0.2) is 18.4 Å². The summed E-state index contributed by atoms with van der Waals surface area (Å²) in [5.41, 5.74) is 2.86. The normalized spacial score (nSPS) is 11.7. The molecule has 0 aliphatic heterocycles. The van der Waals surface area contributed by atoms with E-state index in [1.807, 2.05) is 55.5 Å². The Balaban J connectivity index is 1.66. The number of ether oxygens (including phenoxy) is 1. The van der Waals surface area contributed by atoms with Crippen LogP contribution in [0.4, 0.5) is 5.69 Å². The predicted octanol–water partition coefficient (Wildman–Crippen LogP) is 6.08. The second-order valence-corrected chi connectivity index (χ2v) is 8.74. The fraction of sp³-hybridized carbons (Fsp3) is 0.231. The summed E-state index contributed by atoms with van der Waals surface area (Å²) >= 11 is 3.47.